The van der Waals surface area contributed by atoms with Crippen molar-refractivity contribution in [2.24, 2.45) is 26.6 Å². The molecule has 0 aliphatic rings. The van der Waals surface area contributed by atoms with Crippen LogP contribution in [0, 0.1) is 0 Å². The van der Waals surface area contributed by atoms with Crippen molar-refractivity contribution < 1.29 is 9.90 Å². The van der Waals surface area contributed by atoms with E-state index >= 15 is 0 Å². The number of carboxylic acids is 1. The first kappa shape index (κ1) is 21.6. The predicted molar refractivity (Wildman–Crippen MR) is 104 cm³/mol. The first-order valence-electron chi connectivity index (χ1n) is 8.43. The molecule has 0 fully saturated rings. The van der Waals surface area contributed by atoms with Gasteiger partial charge in [0.2, 0.25) is 0 Å². The van der Waals surface area contributed by atoms with Gasteiger partial charge in [-0.3, -0.25) is 4.99 Å². The molecule has 1 aromatic carbocycles. The molecule has 0 bridgehead atoms. The number of nitrogens with two attached hydrogens (primary N) is 2. The van der Waals surface area contributed by atoms with Crippen molar-refractivity contribution >= 4 is 17.9 Å². The van der Waals surface area contributed by atoms with Crippen molar-refractivity contribution in [2.75, 3.05) is 26.2 Å². The average Bonchev–Trinajstić information content (AvgIpc) is 2.66. The van der Waals surface area contributed by atoms with Crippen LogP contribution in [0.3, 0.4) is 0 Å². The topological polar surface area (TPSA) is 187 Å². The number of aliphatic imine (C=N–C) groups is 2. The van der Waals surface area contributed by atoms with Crippen molar-refractivity contribution in [2.45, 2.75) is 19.4 Å². The number of azide groups is 1. The SMILES string of the molecule is [N-]=[N+]=NCCCNC(N)=NCCCNC(N)=NCc1ccc(C(=O)O)cc1. The van der Waals surface area contributed by atoms with E-state index < -0.39 is 5.97 Å². The maximum atomic E-state index is 10.8. The summed E-state index contributed by atoms with van der Waals surface area (Å²) in [5.74, 6) is -0.300. The second kappa shape index (κ2) is 12.8. The summed E-state index contributed by atoms with van der Waals surface area (Å²) in [6, 6.07) is 6.47. The molecule has 0 amide bonds. The van der Waals surface area contributed by atoms with Gasteiger partial charge in [-0.15, -0.1) is 0 Å². The third-order valence-electron chi connectivity index (χ3n) is 3.36. The Morgan fingerprint density at radius 2 is 1.63 bits per heavy atom. The van der Waals surface area contributed by atoms with Crippen molar-refractivity contribution in [3.63, 3.8) is 0 Å². The number of hydrogen-bond donors (Lipinski definition) is 5. The molecule has 27 heavy (non-hydrogen) atoms. The summed E-state index contributed by atoms with van der Waals surface area (Å²) >= 11 is 0. The van der Waals surface area contributed by atoms with E-state index in [4.69, 9.17) is 22.1 Å². The number of guanidine groups is 2. The molecule has 0 heterocycles. The Morgan fingerprint density at radius 1 is 1.04 bits per heavy atom. The second-order valence-corrected chi connectivity index (χ2v) is 5.49. The molecule has 0 spiro atoms. The lowest BCUT2D eigenvalue weighted by molar-refractivity contribution is 0.0697. The van der Waals surface area contributed by atoms with Crippen LogP contribution in [0.2, 0.25) is 0 Å². The highest BCUT2D eigenvalue weighted by molar-refractivity contribution is 5.87. The molecular formula is C16H25N9O2. The minimum absolute atomic E-state index is 0.235. The van der Waals surface area contributed by atoms with E-state index in [1.807, 2.05) is 0 Å². The maximum absolute atomic E-state index is 10.8. The summed E-state index contributed by atoms with van der Waals surface area (Å²) in [6.07, 6.45) is 1.42. The Morgan fingerprint density at radius 3 is 2.22 bits per heavy atom. The summed E-state index contributed by atoms with van der Waals surface area (Å²) in [5, 5.41) is 18.2. The molecular weight excluding hydrogens is 350 g/mol. The van der Waals surface area contributed by atoms with Gasteiger partial charge in [0.1, 0.15) is 0 Å². The maximum Gasteiger partial charge on any atom is 0.335 e. The van der Waals surface area contributed by atoms with Crippen LogP contribution in [0.15, 0.2) is 39.4 Å². The van der Waals surface area contributed by atoms with Crippen LogP contribution in [0.1, 0.15) is 28.8 Å². The van der Waals surface area contributed by atoms with Gasteiger partial charge in [-0.2, -0.15) is 0 Å². The van der Waals surface area contributed by atoms with Gasteiger partial charge >= 0.3 is 5.97 Å². The second-order valence-electron chi connectivity index (χ2n) is 5.49. The predicted octanol–water partition coefficient (Wildman–Crippen LogP) is 0.784. The lowest BCUT2D eigenvalue weighted by atomic mass is 10.1. The number of nitrogens with zero attached hydrogens (tertiary/aromatic N) is 5. The molecule has 0 aliphatic heterocycles. The number of nitrogens with one attached hydrogen (secondary N) is 2. The smallest absolute Gasteiger partial charge is 0.335 e. The molecule has 0 radical (unpaired) electrons. The highest BCUT2D eigenvalue weighted by Gasteiger charge is 2.01. The zero-order chi connectivity index (χ0) is 19.9. The van der Waals surface area contributed by atoms with Crippen molar-refractivity contribution in [3.8, 4) is 0 Å². The highest BCUT2D eigenvalue weighted by Crippen LogP contribution is 2.05. The van der Waals surface area contributed by atoms with Crippen LogP contribution in [0.25, 0.3) is 10.4 Å². The van der Waals surface area contributed by atoms with Gasteiger partial charge in [-0.25, -0.2) is 9.79 Å². The van der Waals surface area contributed by atoms with Crippen LogP contribution >= 0.6 is 0 Å². The van der Waals surface area contributed by atoms with Gasteiger partial charge in [-0.1, -0.05) is 17.2 Å². The first-order chi connectivity index (χ1) is 13.0. The van der Waals surface area contributed by atoms with Crippen LogP contribution in [0.5, 0.6) is 0 Å². The van der Waals surface area contributed by atoms with Crippen LogP contribution in [-0.2, 0) is 6.54 Å². The largest absolute Gasteiger partial charge is 0.478 e. The van der Waals surface area contributed by atoms with Gasteiger partial charge in [-0.05, 0) is 36.1 Å². The Labute approximate surface area is 157 Å². The van der Waals surface area contributed by atoms with Crippen molar-refractivity contribution in [1.82, 2.24) is 10.6 Å². The number of carboxylic acid groups (broad SMARTS) is 1. The van der Waals surface area contributed by atoms with Gasteiger partial charge in [0.15, 0.2) is 11.9 Å². The zero-order valence-electron chi connectivity index (χ0n) is 15.0. The Hall–Kier alpha value is -3.46. The molecule has 0 aliphatic carbocycles. The van der Waals surface area contributed by atoms with Crippen molar-refractivity contribution in [1.29, 1.82) is 0 Å². The molecule has 11 heteroatoms. The molecule has 0 atom stereocenters. The summed E-state index contributed by atoms with van der Waals surface area (Å²) < 4.78 is 0. The molecule has 0 unspecified atom stereocenters. The zero-order valence-corrected chi connectivity index (χ0v) is 15.0. The van der Waals surface area contributed by atoms with Crippen molar-refractivity contribution in [3.05, 3.63) is 45.8 Å². The quantitative estimate of drug-likeness (QED) is 0.0948. The standard InChI is InChI=1S/C16H25N9O2/c17-15(21-9-2-10-24-25-19)20-7-1-8-22-16(18)23-11-12-3-5-13(6-4-12)14(26)27/h3-6H,1-2,7-11H2,(H,26,27)(H3,17,20,21)(H3,18,22,23). The Bertz CT molecular complexity index is 694. The lowest BCUT2D eigenvalue weighted by Crippen LogP contribution is -2.34. The number of aromatic carboxylic acids is 1. The van der Waals surface area contributed by atoms with Gasteiger partial charge in [0.05, 0.1) is 12.1 Å². The van der Waals surface area contributed by atoms with E-state index in [2.05, 4.69) is 30.6 Å². The number of carbonyl (C=O) groups is 1. The van der Waals surface area contributed by atoms with Crippen LogP contribution in [0.4, 0.5) is 0 Å². The summed E-state index contributed by atoms with van der Waals surface area (Å²) in [7, 11) is 0. The van der Waals surface area contributed by atoms with Gasteiger partial charge in [0.25, 0.3) is 0 Å². The summed E-state index contributed by atoms with van der Waals surface area (Å²) in [6.45, 7) is 2.51. The number of hydrogen-bond acceptors (Lipinski definition) is 4. The fourth-order valence-corrected chi connectivity index (χ4v) is 1.95. The summed E-state index contributed by atoms with van der Waals surface area (Å²) in [5.41, 5.74) is 20.7. The first-order valence-corrected chi connectivity index (χ1v) is 8.43. The highest BCUT2D eigenvalue weighted by atomic mass is 16.4. The minimum atomic E-state index is -0.960. The normalized spacial score (nSPS) is 11.6. The average molecular weight is 375 g/mol. The van der Waals surface area contributed by atoms with E-state index in [1.165, 1.54) is 12.1 Å². The molecule has 1 rings (SSSR count). The fraction of sp³-hybridized carbons (Fsp3) is 0.438. The van der Waals surface area contributed by atoms with Gasteiger partial charge < -0.3 is 27.2 Å². The number of benzene rings is 1. The monoisotopic (exact) mass is 375 g/mol. The molecule has 146 valence electrons. The number of rotatable bonds is 11. The van der Waals surface area contributed by atoms with E-state index in [9.17, 15) is 4.79 Å². The molecule has 0 saturated heterocycles. The third kappa shape index (κ3) is 10.2. The fourth-order valence-electron chi connectivity index (χ4n) is 1.95. The molecule has 7 N–H and O–H groups in total. The summed E-state index contributed by atoms with van der Waals surface area (Å²) in [4.78, 5) is 21.8. The van der Waals surface area contributed by atoms with E-state index in [0.29, 0.717) is 51.1 Å². The minimum Gasteiger partial charge on any atom is -0.478 e. The molecule has 0 aromatic heterocycles. The lowest BCUT2D eigenvalue weighted by Gasteiger charge is -2.06. The van der Waals surface area contributed by atoms with Crippen LogP contribution < -0.4 is 22.1 Å². The van der Waals surface area contributed by atoms with E-state index in [-0.39, 0.29) is 5.56 Å². The van der Waals surface area contributed by atoms with E-state index in [1.54, 1.807) is 12.1 Å². The third-order valence-corrected chi connectivity index (χ3v) is 3.36. The molecule has 1 aromatic rings. The van der Waals surface area contributed by atoms with E-state index in [0.717, 1.165) is 12.0 Å². The Balaban J connectivity index is 2.19. The Kier molecular flexibility index (Phi) is 10.3. The molecule has 0 saturated carbocycles. The van der Waals surface area contributed by atoms with Gasteiger partial charge in [0, 0.05) is 31.1 Å². The molecule has 11 nitrogen and oxygen atoms in total. The van der Waals surface area contributed by atoms with Crippen LogP contribution in [-0.4, -0.2) is 49.2 Å².